The average molecular weight is 412 g/mol. The molecule has 1 saturated heterocycles. The molecule has 0 radical (unpaired) electrons. The first-order chi connectivity index (χ1) is 14.0. The summed E-state index contributed by atoms with van der Waals surface area (Å²) in [6.07, 6.45) is 6.21. The number of carbonyl (C=O) groups is 1. The molecule has 29 heavy (non-hydrogen) atoms. The number of hydrogen-bond acceptors (Lipinski definition) is 6. The van der Waals surface area contributed by atoms with Crippen molar-refractivity contribution in [1.29, 1.82) is 0 Å². The molecule has 0 aliphatic carbocycles. The highest BCUT2D eigenvalue weighted by atomic mass is 32.2. The third kappa shape index (κ3) is 3.06. The molecule has 8 nitrogen and oxygen atoms in total. The van der Waals surface area contributed by atoms with Crippen molar-refractivity contribution in [2.75, 3.05) is 18.5 Å². The summed E-state index contributed by atoms with van der Waals surface area (Å²) in [6.45, 7) is 0.844. The van der Waals surface area contributed by atoms with Crippen LogP contribution in [0.2, 0.25) is 0 Å². The van der Waals surface area contributed by atoms with E-state index < -0.39 is 10.0 Å². The van der Waals surface area contributed by atoms with Gasteiger partial charge in [0.05, 0.1) is 11.0 Å². The molecular formula is C20H20N4O4S. The molecule has 1 amide bonds. The largest absolute Gasteiger partial charge is 0.482 e. The van der Waals surface area contributed by atoms with E-state index >= 15 is 0 Å². The second-order valence-electron chi connectivity index (χ2n) is 7.29. The molecule has 1 aromatic carbocycles. The molecule has 9 heteroatoms. The number of amides is 1. The molecule has 2 N–H and O–H groups in total. The number of fused-ring (bicyclic) bond motifs is 2. The molecule has 150 valence electrons. The third-order valence-corrected chi connectivity index (χ3v) is 7.09. The van der Waals surface area contributed by atoms with Gasteiger partial charge in [0.1, 0.15) is 16.3 Å². The first-order valence-corrected chi connectivity index (χ1v) is 11.0. The number of carbonyl (C=O) groups excluding carboxylic acids is 1. The van der Waals surface area contributed by atoms with Gasteiger partial charge in [0.15, 0.2) is 6.61 Å². The first-order valence-electron chi connectivity index (χ1n) is 9.53. The minimum Gasteiger partial charge on any atom is -0.482 e. The van der Waals surface area contributed by atoms with Crippen molar-refractivity contribution in [3.05, 3.63) is 48.3 Å². The van der Waals surface area contributed by atoms with Crippen LogP contribution in [0.1, 0.15) is 18.4 Å². The van der Waals surface area contributed by atoms with Gasteiger partial charge in [-0.15, -0.1) is 0 Å². The summed E-state index contributed by atoms with van der Waals surface area (Å²) >= 11 is 0. The van der Waals surface area contributed by atoms with Gasteiger partial charge in [-0.2, -0.15) is 0 Å². The van der Waals surface area contributed by atoms with Crippen molar-refractivity contribution in [3.8, 4) is 5.75 Å². The Balaban J connectivity index is 1.65. The molecule has 2 aliphatic rings. The molecule has 0 saturated carbocycles. The monoisotopic (exact) mass is 412 g/mol. The Morgan fingerprint density at radius 1 is 1.24 bits per heavy atom. The van der Waals surface area contributed by atoms with Crippen LogP contribution in [0.3, 0.4) is 0 Å². The summed E-state index contributed by atoms with van der Waals surface area (Å²) in [4.78, 5) is 16.2. The second-order valence-corrected chi connectivity index (χ2v) is 9.07. The number of ether oxygens (including phenoxy) is 1. The number of benzene rings is 1. The Hall–Kier alpha value is -2.91. The predicted octanol–water partition coefficient (Wildman–Crippen LogP) is 1.90. The number of rotatable bonds is 4. The summed E-state index contributed by atoms with van der Waals surface area (Å²) in [5.41, 5.74) is 2.25. The van der Waals surface area contributed by atoms with Gasteiger partial charge in [-0.1, -0.05) is 6.07 Å². The van der Waals surface area contributed by atoms with Gasteiger partial charge < -0.3 is 15.4 Å². The van der Waals surface area contributed by atoms with Gasteiger partial charge in [-0.25, -0.2) is 12.4 Å². The Kier molecular flexibility index (Phi) is 4.29. The zero-order chi connectivity index (χ0) is 20.0. The minimum atomic E-state index is -3.98. The number of para-hydroxylation sites is 1. The lowest BCUT2D eigenvalue weighted by atomic mass is 10.1. The van der Waals surface area contributed by atoms with Crippen LogP contribution in [0.15, 0.2) is 47.6 Å². The molecule has 2 aliphatic heterocycles. The lowest BCUT2D eigenvalue weighted by molar-refractivity contribution is -0.118. The summed E-state index contributed by atoms with van der Waals surface area (Å²) in [6, 6.07) is 8.50. The van der Waals surface area contributed by atoms with E-state index in [-0.39, 0.29) is 23.1 Å². The quantitative estimate of drug-likeness (QED) is 0.679. The van der Waals surface area contributed by atoms with E-state index in [1.54, 1.807) is 36.7 Å². The van der Waals surface area contributed by atoms with Crippen LogP contribution < -0.4 is 15.4 Å². The van der Waals surface area contributed by atoms with Crippen molar-refractivity contribution in [3.63, 3.8) is 0 Å². The molecule has 4 heterocycles. The molecule has 3 aromatic rings. The number of nitrogens with zero attached hydrogens (tertiary/aromatic N) is 2. The maximum Gasteiger partial charge on any atom is 0.270 e. The Morgan fingerprint density at radius 3 is 2.97 bits per heavy atom. The smallest absolute Gasteiger partial charge is 0.270 e. The van der Waals surface area contributed by atoms with Gasteiger partial charge in [0.25, 0.3) is 15.9 Å². The van der Waals surface area contributed by atoms with Crippen molar-refractivity contribution < 1.29 is 17.9 Å². The van der Waals surface area contributed by atoms with Gasteiger partial charge >= 0.3 is 0 Å². The van der Waals surface area contributed by atoms with Gasteiger partial charge in [-0.05, 0) is 55.6 Å². The van der Waals surface area contributed by atoms with E-state index in [9.17, 15) is 13.2 Å². The van der Waals surface area contributed by atoms with Crippen LogP contribution in [0, 0.1) is 0 Å². The fourth-order valence-corrected chi connectivity index (χ4v) is 5.58. The van der Waals surface area contributed by atoms with E-state index in [2.05, 4.69) is 15.6 Å². The minimum absolute atomic E-state index is 0.00524. The molecule has 0 bridgehead atoms. The zero-order valence-corrected chi connectivity index (χ0v) is 16.4. The van der Waals surface area contributed by atoms with Gasteiger partial charge in [0.2, 0.25) is 0 Å². The number of anilines is 1. The fourth-order valence-electron chi connectivity index (χ4n) is 4.03. The fraction of sp³-hybridized carbons (Fsp3) is 0.300. The highest BCUT2D eigenvalue weighted by molar-refractivity contribution is 7.90. The van der Waals surface area contributed by atoms with Crippen LogP contribution in [-0.4, -0.2) is 42.5 Å². The van der Waals surface area contributed by atoms with Crippen molar-refractivity contribution in [2.24, 2.45) is 0 Å². The van der Waals surface area contributed by atoms with Crippen LogP contribution in [-0.2, 0) is 21.2 Å². The average Bonchev–Trinajstić information content (AvgIpc) is 3.36. The molecule has 2 aromatic heterocycles. The van der Waals surface area contributed by atoms with Gasteiger partial charge in [-0.3, -0.25) is 9.78 Å². The normalized spacial score (nSPS) is 19.0. The highest BCUT2D eigenvalue weighted by Gasteiger charge is 2.29. The van der Waals surface area contributed by atoms with Crippen LogP contribution in [0.25, 0.3) is 11.0 Å². The maximum atomic E-state index is 13.6. The van der Waals surface area contributed by atoms with E-state index in [0.29, 0.717) is 29.2 Å². The van der Waals surface area contributed by atoms with E-state index in [1.165, 1.54) is 10.0 Å². The molecule has 0 spiro atoms. The zero-order valence-electron chi connectivity index (χ0n) is 15.6. The number of pyridine rings is 1. The van der Waals surface area contributed by atoms with Gasteiger partial charge in [0, 0.05) is 18.4 Å². The third-order valence-electron chi connectivity index (χ3n) is 5.38. The molecule has 0 unspecified atom stereocenters. The van der Waals surface area contributed by atoms with Crippen LogP contribution >= 0.6 is 0 Å². The van der Waals surface area contributed by atoms with Crippen LogP contribution in [0.5, 0.6) is 5.75 Å². The topological polar surface area (TPSA) is 102 Å². The summed E-state index contributed by atoms with van der Waals surface area (Å²) in [7, 11) is -3.98. The summed E-state index contributed by atoms with van der Waals surface area (Å²) < 4.78 is 33.8. The Morgan fingerprint density at radius 2 is 2.14 bits per heavy atom. The van der Waals surface area contributed by atoms with Crippen LogP contribution in [0.4, 0.5) is 5.69 Å². The molecular weight excluding hydrogens is 392 g/mol. The Labute approximate surface area is 167 Å². The molecule has 1 atom stereocenters. The van der Waals surface area contributed by atoms with E-state index in [0.717, 1.165) is 24.9 Å². The predicted molar refractivity (Wildman–Crippen MR) is 108 cm³/mol. The molecule has 5 rings (SSSR count). The maximum absolute atomic E-state index is 13.6. The summed E-state index contributed by atoms with van der Waals surface area (Å²) in [5, 5.41) is 6.08. The lowest BCUT2D eigenvalue weighted by Gasteiger charge is -2.20. The van der Waals surface area contributed by atoms with E-state index in [1.807, 2.05) is 0 Å². The van der Waals surface area contributed by atoms with Crippen molar-refractivity contribution in [2.45, 2.75) is 30.2 Å². The van der Waals surface area contributed by atoms with Crippen molar-refractivity contribution >= 4 is 32.7 Å². The lowest BCUT2D eigenvalue weighted by Crippen LogP contribution is -2.27. The highest BCUT2D eigenvalue weighted by Crippen LogP contribution is 2.36. The summed E-state index contributed by atoms with van der Waals surface area (Å²) in [5.74, 6) is -0.0391. The number of hydrogen-bond donors (Lipinski definition) is 2. The SMILES string of the molecule is O=C1COc2cccc(S(=O)(=O)n3cc(C[C@H]4CCCN4)c4ncccc43)c2N1. The van der Waals surface area contributed by atoms with Crippen molar-refractivity contribution in [1.82, 2.24) is 14.3 Å². The number of aromatic nitrogens is 2. The standard InChI is InChI=1S/C20H20N4O4S/c25-18-12-28-16-6-1-7-17(20(16)23-18)29(26,27)24-11-13(10-14-4-2-8-21-14)19-15(24)5-3-9-22-19/h1,3,5-7,9,11,14,21H,2,4,8,10,12H2,(H,23,25)/t14-/m1/s1. The number of nitrogens with one attached hydrogen (secondary N) is 2. The first kappa shape index (κ1) is 18.1. The van der Waals surface area contributed by atoms with E-state index in [4.69, 9.17) is 4.74 Å². The Bertz CT molecular complexity index is 1210. The molecule has 1 fully saturated rings. The second kappa shape index (κ2) is 6.85.